The van der Waals surface area contributed by atoms with Gasteiger partial charge in [-0.1, -0.05) is 18.2 Å². The molecule has 2 aromatic rings. The van der Waals surface area contributed by atoms with E-state index < -0.39 is 0 Å². The number of hydrogen-bond acceptors (Lipinski definition) is 2. The maximum absolute atomic E-state index is 13.6. The Morgan fingerprint density at radius 2 is 1.70 bits per heavy atom. The SMILES string of the molecule is O=C(Nc1ccccc1)Nc1cc(F)ccc1N1CCCCC1. The minimum Gasteiger partial charge on any atom is -0.370 e. The molecule has 1 heterocycles. The van der Waals surface area contributed by atoms with Gasteiger partial charge in [-0.3, -0.25) is 0 Å². The Labute approximate surface area is 135 Å². The van der Waals surface area contributed by atoms with Crippen LogP contribution in [-0.2, 0) is 0 Å². The maximum atomic E-state index is 13.6. The molecule has 0 spiro atoms. The van der Waals surface area contributed by atoms with Crippen LogP contribution < -0.4 is 15.5 Å². The van der Waals surface area contributed by atoms with Crippen LogP contribution in [0.1, 0.15) is 19.3 Å². The summed E-state index contributed by atoms with van der Waals surface area (Å²) in [6.45, 7) is 1.86. The third kappa shape index (κ3) is 4.00. The van der Waals surface area contributed by atoms with E-state index >= 15 is 0 Å². The van der Waals surface area contributed by atoms with Crippen molar-refractivity contribution in [2.75, 3.05) is 28.6 Å². The van der Waals surface area contributed by atoms with Gasteiger partial charge in [0.1, 0.15) is 5.82 Å². The Morgan fingerprint density at radius 1 is 0.957 bits per heavy atom. The first-order chi connectivity index (χ1) is 11.2. The van der Waals surface area contributed by atoms with Crippen molar-refractivity contribution in [3.05, 3.63) is 54.3 Å². The van der Waals surface area contributed by atoms with Gasteiger partial charge in [0.25, 0.3) is 0 Å². The molecule has 0 unspecified atom stereocenters. The van der Waals surface area contributed by atoms with Crippen LogP contribution in [0.25, 0.3) is 0 Å². The van der Waals surface area contributed by atoms with Crippen molar-refractivity contribution in [3.63, 3.8) is 0 Å². The lowest BCUT2D eigenvalue weighted by Crippen LogP contribution is -2.31. The van der Waals surface area contributed by atoms with Crippen molar-refractivity contribution in [1.82, 2.24) is 0 Å². The standard InChI is InChI=1S/C18H20FN3O/c19-14-9-10-17(22-11-5-2-6-12-22)16(13-14)21-18(23)20-15-7-3-1-4-8-15/h1,3-4,7-10,13H,2,5-6,11-12H2,(H2,20,21,23). The number of rotatable bonds is 3. The molecule has 0 bridgehead atoms. The highest BCUT2D eigenvalue weighted by atomic mass is 19.1. The van der Waals surface area contributed by atoms with Gasteiger partial charge in [0.15, 0.2) is 0 Å². The third-order valence-corrected chi connectivity index (χ3v) is 3.94. The van der Waals surface area contributed by atoms with Crippen LogP contribution in [0.3, 0.4) is 0 Å². The summed E-state index contributed by atoms with van der Waals surface area (Å²) in [5.41, 5.74) is 2.07. The lowest BCUT2D eigenvalue weighted by molar-refractivity contribution is 0.262. The quantitative estimate of drug-likeness (QED) is 0.878. The average molecular weight is 313 g/mol. The molecule has 3 rings (SSSR count). The summed E-state index contributed by atoms with van der Waals surface area (Å²) in [7, 11) is 0. The van der Waals surface area contributed by atoms with Crippen molar-refractivity contribution >= 4 is 23.1 Å². The van der Waals surface area contributed by atoms with E-state index in [1.807, 2.05) is 18.2 Å². The Morgan fingerprint density at radius 3 is 2.43 bits per heavy atom. The van der Waals surface area contributed by atoms with Crippen LogP contribution in [0, 0.1) is 5.82 Å². The van der Waals surface area contributed by atoms with Gasteiger partial charge in [-0.15, -0.1) is 0 Å². The summed E-state index contributed by atoms with van der Waals surface area (Å²) in [5, 5.41) is 5.51. The summed E-state index contributed by atoms with van der Waals surface area (Å²) in [6, 6.07) is 13.3. The van der Waals surface area contributed by atoms with Gasteiger partial charge in [-0.05, 0) is 49.6 Å². The number of nitrogens with one attached hydrogen (secondary N) is 2. The highest BCUT2D eigenvalue weighted by Crippen LogP contribution is 2.29. The Bertz CT molecular complexity index is 669. The number of carbonyl (C=O) groups is 1. The molecule has 2 amide bonds. The number of anilines is 3. The maximum Gasteiger partial charge on any atom is 0.323 e. The number of nitrogens with zero attached hydrogens (tertiary/aromatic N) is 1. The van der Waals surface area contributed by atoms with Crippen molar-refractivity contribution in [2.45, 2.75) is 19.3 Å². The molecular formula is C18H20FN3O. The number of urea groups is 1. The first-order valence-electron chi connectivity index (χ1n) is 7.90. The number of para-hydroxylation sites is 1. The van der Waals surface area contributed by atoms with Gasteiger partial charge < -0.3 is 15.5 Å². The van der Waals surface area contributed by atoms with Crippen molar-refractivity contribution in [3.8, 4) is 0 Å². The van der Waals surface area contributed by atoms with E-state index in [0.29, 0.717) is 11.4 Å². The van der Waals surface area contributed by atoms with Crippen molar-refractivity contribution in [2.24, 2.45) is 0 Å². The van der Waals surface area contributed by atoms with Crippen molar-refractivity contribution < 1.29 is 9.18 Å². The molecule has 2 aromatic carbocycles. The molecule has 23 heavy (non-hydrogen) atoms. The molecule has 0 saturated carbocycles. The smallest absolute Gasteiger partial charge is 0.323 e. The van der Waals surface area contributed by atoms with E-state index in [1.165, 1.54) is 18.6 Å². The third-order valence-electron chi connectivity index (χ3n) is 3.94. The average Bonchev–Trinajstić information content (AvgIpc) is 2.56. The predicted octanol–water partition coefficient (Wildman–Crippen LogP) is 4.46. The molecule has 0 aromatic heterocycles. The largest absolute Gasteiger partial charge is 0.370 e. The highest BCUT2D eigenvalue weighted by molar-refractivity contribution is 6.01. The first-order valence-corrected chi connectivity index (χ1v) is 7.90. The molecule has 0 radical (unpaired) electrons. The summed E-state index contributed by atoms with van der Waals surface area (Å²) >= 11 is 0. The minimum atomic E-state index is -0.375. The normalized spacial score (nSPS) is 14.4. The summed E-state index contributed by atoms with van der Waals surface area (Å²) in [6.07, 6.45) is 3.45. The lowest BCUT2D eigenvalue weighted by Gasteiger charge is -2.30. The molecule has 2 N–H and O–H groups in total. The molecule has 1 aliphatic rings. The van der Waals surface area contributed by atoms with E-state index in [0.717, 1.165) is 31.6 Å². The number of benzene rings is 2. The summed E-state index contributed by atoms with van der Waals surface area (Å²) in [4.78, 5) is 14.4. The molecule has 120 valence electrons. The topological polar surface area (TPSA) is 44.4 Å². The number of hydrogen-bond donors (Lipinski definition) is 2. The monoisotopic (exact) mass is 313 g/mol. The van der Waals surface area contributed by atoms with Gasteiger partial charge in [-0.25, -0.2) is 9.18 Å². The molecule has 4 nitrogen and oxygen atoms in total. The second-order valence-corrected chi connectivity index (χ2v) is 5.65. The lowest BCUT2D eigenvalue weighted by atomic mass is 10.1. The van der Waals surface area contributed by atoms with E-state index in [9.17, 15) is 9.18 Å². The number of carbonyl (C=O) groups excluding carboxylic acids is 1. The van der Waals surface area contributed by atoms with Crippen LogP contribution in [-0.4, -0.2) is 19.1 Å². The second kappa shape index (κ2) is 7.13. The Kier molecular flexibility index (Phi) is 4.76. The molecule has 1 saturated heterocycles. The fourth-order valence-electron chi connectivity index (χ4n) is 2.83. The molecular weight excluding hydrogens is 293 g/mol. The van der Waals surface area contributed by atoms with Crippen LogP contribution >= 0.6 is 0 Å². The number of halogens is 1. The zero-order valence-electron chi connectivity index (χ0n) is 12.9. The summed E-state index contributed by atoms with van der Waals surface area (Å²) in [5.74, 6) is -0.360. The zero-order valence-corrected chi connectivity index (χ0v) is 12.9. The van der Waals surface area contributed by atoms with Gasteiger partial charge >= 0.3 is 6.03 Å². The molecule has 5 heteroatoms. The number of amides is 2. The second-order valence-electron chi connectivity index (χ2n) is 5.65. The first kappa shape index (κ1) is 15.3. The molecule has 1 aliphatic heterocycles. The highest BCUT2D eigenvalue weighted by Gasteiger charge is 2.16. The Hall–Kier alpha value is -2.56. The Balaban J connectivity index is 1.75. The van der Waals surface area contributed by atoms with Gasteiger partial charge in [-0.2, -0.15) is 0 Å². The zero-order chi connectivity index (χ0) is 16.1. The fourth-order valence-corrected chi connectivity index (χ4v) is 2.83. The molecule has 0 atom stereocenters. The van der Waals surface area contributed by atoms with Crippen molar-refractivity contribution in [1.29, 1.82) is 0 Å². The molecule has 1 fully saturated rings. The van der Waals surface area contributed by atoms with E-state index in [4.69, 9.17) is 0 Å². The molecule has 0 aliphatic carbocycles. The van der Waals surface area contributed by atoms with Crippen LogP contribution in [0.4, 0.5) is 26.2 Å². The predicted molar refractivity (Wildman–Crippen MR) is 91.5 cm³/mol. The van der Waals surface area contributed by atoms with Crippen LogP contribution in [0.15, 0.2) is 48.5 Å². The van der Waals surface area contributed by atoms with Gasteiger partial charge in [0.05, 0.1) is 11.4 Å². The van der Waals surface area contributed by atoms with E-state index in [1.54, 1.807) is 18.2 Å². The van der Waals surface area contributed by atoms with Crippen LogP contribution in [0.2, 0.25) is 0 Å². The van der Waals surface area contributed by atoms with Gasteiger partial charge in [0.2, 0.25) is 0 Å². The van der Waals surface area contributed by atoms with E-state index in [2.05, 4.69) is 15.5 Å². The fraction of sp³-hybridized carbons (Fsp3) is 0.278. The van der Waals surface area contributed by atoms with Crippen LogP contribution in [0.5, 0.6) is 0 Å². The minimum absolute atomic E-state index is 0.360. The number of piperidine rings is 1. The van der Waals surface area contributed by atoms with Gasteiger partial charge in [0, 0.05) is 18.8 Å². The van der Waals surface area contributed by atoms with E-state index in [-0.39, 0.29) is 11.8 Å². The summed E-state index contributed by atoms with van der Waals surface area (Å²) < 4.78 is 13.6.